The quantitative estimate of drug-likeness (QED) is 0.747. The molecule has 0 spiro atoms. The van der Waals surface area contributed by atoms with Gasteiger partial charge in [-0.2, -0.15) is 0 Å². The van der Waals surface area contributed by atoms with Crippen LogP contribution in [0.4, 0.5) is 0 Å². The Labute approximate surface area is 96.9 Å². The van der Waals surface area contributed by atoms with Crippen LogP contribution in [-0.2, 0) is 14.6 Å². The summed E-state index contributed by atoms with van der Waals surface area (Å²) in [5.41, 5.74) is 4.81. The molecule has 1 rings (SSSR count). The van der Waals surface area contributed by atoms with Crippen LogP contribution in [-0.4, -0.2) is 48.9 Å². The minimum atomic E-state index is -2.96. The highest BCUT2D eigenvalue weighted by Gasteiger charge is 2.37. The highest BCUT2D eigenvalue weighted by molar-refractivity contribution is 7.91. The number of hydrogen-bond acceptors (Lipinski definition) is 4. The molecule has 1 aliphatic rings. The van der Waals surface area contributed by atoms with Crippen molar-refractivity contribution in [1.29, 1.82) is 0 Å². The van der Waals surface area contributed by atoms with Gasteiger partial charge in [-0.1, -0.05) is 0 Å². The van der Waals surface area contributed by atoms with Crippen molar-refractivity contribution in [3.8, 4) is 0 Å². The number of nitrogens with zero attached hydrogens (tertiary/aromatic N) is 1. The number of amides is 1. The first-order valence-corrected chi connectivity index (χ1v) is 7.30. The maximum Gasteiger partial charge on any atom is 0.242 e. The van der Waals surface area contributed by atoms with E-state index in [2.05, 4.69) is 0 Å². The summed E-state index contributed by atoms with van der Waals surface area (Å²) >= 11 is 0. The zero-order chi connectivity index (χ0) is 12.6. The molecule has 16 heavy (non-hydrogen) atoms. The van der Waals surface area contributed by atoms with Crippen LogP contribution in [0, 0.1) is 0 Å². The van der Waals surface area contributed by atoms with Gasteiger partial charge in [0.15, 0.2) is 9.84 Å². The van der Waals surface area contributed by atoms with Gasteiger partial charge in [0.25, 0.3) is 0 Å². The molecule has 0 aromatic heterocycles. The molecule has 0 aromatic rings. The number of nitrogens with two attached hydrogens (primary N) is 1. The molecule has 0 aromatic carbocycles. The molecule has 1 amide bonds. The van der Waals surface area contributed by atoms with Gasteiger partial charge >= 0.3 is 0 Å². The number of rotatable bonds is 3. The number of hydrogen-bond donors (Lipinski definition) is 1. The third-order valence-electron chi connectivity index (χ3n) is 2.80. The highest BCUT2D eigenvalue weighted by Crippen LogP contribution is 2.19. The molecule has 94 valence electrons. The van der Waals surface area contributed by atoms with Gasteiger partial charge in [-0.25, -0.2) is 8.42 Å². The molecule has 5 nitrogen and oxygen atoms in total. The van der Waals surface area contributed by atoms with Crippen LogP contribution in [0.5, 0.6) is 0 Å². The molecule has 2 N–H and O–H groups in total. The van der Waals surface area contributed by atoms with Crippen LogP contribution >= 0.6 is 0 Å². The summed E-state index contributed by atoms with van der Waals surface area (Å²) in [6.45, 7) is 5.62. The fourth-order valence-electron chi connectivity index (χ4n) is 1.96. The second-order valence-electron chi connectivity index (χ2n) is 4.87. The summed E-state index contributed by atoms with van der Waals surface area (Å²) in [5, 5.41) is 0. The second kappa shape index (κ2) is 4.33. The van der Waals surface area contributed by atoms with E-state index in [9.17, 15) is 13.2 Å². The Kier molecular flexibility index (Phi) is 3.64. The molecule has 1 fully saturated rings. The Morgan fingerprint density at radius 2 is 2.06 bits per heavy atom. The summed E-state index contributed by atoms with van der Waals surface area (Å²) in [6, 6.07) is -0.203. The van der Waals surface area contributed by atoms with Gasteiger partial charge in [-0.3, -0.25) is 4.79 Å². The molecule has 0 radical (unpaired) electrons. The Morgan fingerprint density at radius 1 is 1.50 bits per heavy atom. The maximum atomic E-state index is 12.0. The Balaban J connectivity index is 2.81. The number of carbonyl (C=O) groups is 1. The average molecular weight is 248 g/mol. The van der Waals surface area contributed by atoms with Crippen molar-refractivity contribution in [2.24, 2.45) is 5.73 Å². The van der Waals surface area contributed by atoms with Crippen molar-refractivity contribution in [3.63, 3.8) is 0 Å². The lowest BCUT2D eigenvalue weighted by atomic mass is 10.0. The standard InChI is InChI=1S/C10H20N2O3S/c1-4-12(9(13)10(2,3)11)8-5-6-16(14,15)7-8/h8H,4-7,11H2,1-3H3. The third kappa shape index (κ3) is 2.95. The molecular formula is C10H20N2O3S. The first kappa shape index (κ1) is 13.4. The van der Waals surface area contributed by atoms with Gasteiger partial charge in [0, 0.05) is 12.6 Å². The van der Waals surface area contributed by atoms with Crippen molar-refractivity contribution in [1.82, 2.24) is 4.90 Å². The predicted molar refractivity (Wildman–Crippen MR) is 62.7 cm³/mol. The topological polar surface area (TPSA) is 80.5 Å². The number of carbonyl (C=O) groups excluding carboxylic acids is 1. The fraction of sp³-hybridized carbons (Fsp3) is 0.900. The molecule has 0 aliphatic carbocycles. The van der Waals surface area contributed by atoms with Crippen LogP contribution in [0.1, 0.15) is 27.2 Å². The van der Waals surface area contributed by atoms with Gasteiger partial charge in [-0.05, 0) is 27.2 Å². The summed E-state index contributed by atoms with van der Waals surface area (Å²) in [7, 11) is -2.96. The molecule has 0 saturated carbocycles. The largest absolute Gasteiger partial charge is 0.337 e. The SMILES string of the molecule is CCN(C(=O)C(C)(C)N)C1CCS(=O)(=O)C1. The van der Waals surface area contributed by atoms with Crippen molar-refractivity contribution >= 4 is 15.7 Å². The van der Waals surface area contributed by atoms with E-state index < -0.39 is 15.4 Å². The van der Waals surface area contributed by atoms with Crippen LogP contribution in [0.25, 0.3) is 0 Å². The van der Waals surface area contributed by atoms with Crippen molar-refractivity contribution in [3.05, 3.63) is 0 Å². The molecule has 6 heteroatoms. The summed E-state index contributed by atoms with van der Waals surface area (Å²) in [4.78, 5) is 13.6. The molecule has 1 heterocycles. The summed E-state index contributed by atoms with van der Waals surface area (Å²) in [6.07, 6.45) is 0.526. The first-order chi connectivity index (χ1) is 7.17. The van der Waals surface area contributed by atoms with E-state index in [1.54, 1.807) is 18.7 Å². The van der Waals surface area contributed by atoms with E-state index >= 15 is 0 Å². The zero-order valence-corrected chi connectivity index (χ0v) is 10.9. The molecule has 1 unspecified atom stereocenters. The normalized spacial score (nSPS) is 24.4. The van der Waals surface area contributed by atoms with E-state index in [1.807, 2.05) is 6.92 Å². The van der Waals surface area contributed by atoms with Crippen LogP contribution in [0.3, 0.4) is 0 Å². The van der Waals surface area contributed by atoms with Crippen LogP contribution in [0.15, 0.2) is 0 Å². The van der Waals surface area contributed by atoms with Gasteiger partial charge in [0.05, 0.1) is 17.0 Å². The van der Waals surface area contributed by atoms with Gasteiger partial charge in [0.1, 0.15) is 0 Å². The van der Waals surface area contributed by atoms with E-state index in [-0.39, 0.29) is 23.5 Å². The molecular weight excluding hydrogens is 228 g/mol. The van der Waals surface area contributed by atoms with Gasteiger partial charge in [-0.15, -0.1) is 0 Å². The minimum Gasteiger partial charge on any atom is -0.337 e. The lowest BCUT2D eigenvalue weighted by Gasteiger charge is -2.32. The van der Waals surface area contributed by atoms with E-state index in [0.29, 0.717) is 13.0 Å². The van der Waals surface area contributed by atoms with E-state index in [1.165, 1.54) is 0 Å². The molecule has 1 saturated heterocycles. The first-order valence-electron chi connectivity index (χ1n) is 5.48. The predicted octanol–water partition coefficient (Wildman–Crippen LogP) is -0.241. The molecule has 0 bridgehead atoms. The fourth-order valence-corrected chi connectivity index (χ4v) is 3.69. The second-order valence-corrected chi connectivity index (χ2v) is 7.10. The van der Waals surface area contributed by atoms with E-state index in [4.69, 9.17) is 5.73 Å². The van der Waals surface area contributed by atoms with Crippen molar-refractivity contribution < 1.29 is 13.2 Å². The van der Waals surface area contributed by atoms with Crippen LogP contribution in [0.2, 0.25) is 0 Å². The van der Waals surface area contributed by atoms with Gasteiger partial charge in [0.2, 0.25) is 5.91 Å². The molecule has 1 aliphatic heterocycles. The number of sulfone groups is 1. The summed E-state index contributed by atoms with van der Waals surface area (Å²) in [5.74, 6) is 0.0619. The van der Waals surface area contributed by atoms with Gasteiger partial charge < -0.3 is 10.6 Å². The van der Waals surface area contributed by atoms with Crippen molar-refractivity contribution in [2.75, 3.05) is 18.1 Å². The lowest BCUT2D eigenvalue weighted by molar-refractivity contribution is -0.137. The zero-order valence-electron chi connectivity index (χ0n) is 10.1. The number of likely N-dealkylation sites (N-methyl/N-ethyl adjacent to an activating group) is 1. The monoisotopic (exact) mass is 248 g/mol. The lowest BCUT2D eigenvalue weighted by Crippen LogP contribution is -2.54. The smallest absolute Gasteiger partial charge is 0.242 e. The van der Waals surface area contributed by atoms with Crippen LogP contribution < -0.4 is 5.73 Å². The Bertz CT molecular complexity index is 370. The average Bonchev–Trinajstić information content (AvgIpc) is 2.46. The Hall–Kier alpha value is -0.620. The minimum absolute atomic E-state index is 0.0721. The highest BCUT2D eigenvalue weighted by atomic mass is 32.2. The van der Waals surface area contributed by atoms with E-state index in [0.717, 1.165) is 0 Å². The maximum absolute atomic E-state index is 12.0. The third-order valence-corrected chi connectivity index (χ3v) is 4.55. The van der Waals surface area contributed by atoms with Crippen molar-refractivity contribution in [2.45, 2.75) is 38.8 Å². The molecule has 1 atom stereocenters. The Morgan fingerprint density at radius 3 is 2.38 bits per heavy atom. The summed E-state index contributed by atoms with van der Waals surface area (Å²) < 4.78 is 22.7.